The van der Waals surface area contributed by atoms with Gasteiger partial charge in [0.2, 0.25) is 5.82 Å². The van der Waals surface area contributed by atoms with Crippen LogP contribution in [0.25, 0.3) is 0 Å². The minimum atomic E-state index is -0.988. The molecule has 0 heterocycles. The topological polar surface area (TPSA) is 35.2 Å². The van der Waals surface area contributed by atoms with Gasteiger partial charge in [0.05, 0.1) is 0 Å². The summed E-state index contributed by atoms with van der Waals surface area (Å²) in [6.07, 6.45) is 0. The summed E-state index contributed by atoms with van der Waals surface area (Å²) in [6.45, 7) is 2.32. The Morgan fingerprint density at radius 3 is 2.53 bits per heavy atom. The maximum atomic E-state index is 13.4. The summed E-state index contributed by atoms with van der Waals surface area (Å²) < 4.78 is 31.7. The van der Waals surface area contributed by atoms with Gasteiger partial charge < -0.3 is 10.5 Å². The maximum absolute atomic E-state index is 13.4. The molecular formula is C14H14ClF2NO. The average molecular weight is 286 g/mol. The van der Waals surface area contributed by atoms with Crippen molar-refractivity contribution in [2.45, 2.75) is 13.5 Å². The van der Waals surface area contributed by atoms with Gasteiger partial charge in [0.25, 0.3) is 0 Å². The van der Waals surface area contributed by atoms with E-state index in [2.05, 4.69) is 0 Å². The molecule has 0 unspecified atom stereocenters. The normalized spacial score (nSPS) is 9.89. The van der Waals surface area contributed by atoms with Crippen LogP contribution < -0.4 is 10.5 Å². The Hall–Kier alpha value is -1.65. The van der Waals surface area contributed by atoms with Crippen molar-refractivity contribution in [2.75, 3.05) is 0 Å². The molecule has 0 saturated heterocycles. The van der Waals surface area contributed by atoms with Crippen molar-refractivity contribution < 1.29 is 13.5 Å². The van der Waals surface area contributed by atoms with Crippen molar-refractivity contribution in [1.82, 2.24) is 0 Å². The highest BCUT2D eigenvalue weighted by molar-refractivity contribution is 5.85. The van der Waals surface area contributed by atoms with Crippen LogP contribution in [0.2, 0.25) is 0 Å². The molecule has 2 aromatic rings. The molecule has 19 heavy (non-hydrogen) atoms. The highest BCUT2D eigenvalue weighted by Crippen LogP contribution is 2.27. The summed E-state index contributed by atoms with van der Waals surface area (Å²) in [5.41, 5.74) is 7.49. The molecule has 0 aliphatic heterocycles. The van der Waals surface area contributed by atoms with Crippen molar-refractivity contribution in [3.8, 4) is 11.5 Å². The molecule has 0 fully saturated rings. The monoisotopic (exact) mass is 285 g/mol. The fraction of sp³-hybridized carbons (Fsp3) is 0.143. The molecular weight excluding hydrogens is 272 g/mol. The number of rotatable bonds is 3. The van der Waals surface area contributed by atoms with Gasteiger partial charge in [0.15, 0.2) is 11.6 Å². The molecule has 5 heteroatoms. The number of halogens is 3. The van der Waals surface area contributed by atoms with Crippen LogP contribution in [0.5, 0.6) is 11.5 Å². The predicted molar refractivity (Wildman–Crippen MR) is 72.8 cm³/mol. The fourth-order valence-corrected chi connectivity index (χ4v) is 1.65. The molecule has 2 rings (SSSR count). The van der Waals surface area contributed by atoms with Gasteiger partial charge in [0.1, 0.15) is 5.75 Å². The van der Waals surface area contributed by atoms with Gasteiger partial charge in [-0.3, -0.25) is 0 Å². The molecule has 102 valence electrons. The SMILES string of the molecule is Cc1cc(Oc2cccc(F)c2F)ccc1CN.Cl. The number of hydrogen-bond donors (Lipinski definition) is 1. The molecule has 2 N–H and O–H groups in total. The Bertz CT molecular complexity index is 575. The number of nitrogens with two attached hydrogens (primary N) is 1. The lowest BCUT2D eigenvalue weighted by Crippen LogP contribution is -1.99. The summed E-state index contributed by atoms with van der Waals surface area (Å²) in [4.78, 5) is 0. The molecule has 0 aromatic heterocycles. The Balaban J connectivity index is 0.00000180. The average Bonchev–Trinajstić information content (AvgIpc) is 2.35. The van der Waals surface area contributed by atoms with Crippen LogP contribution in [0.1, 0.15) is 11.1 Å². The van der Waals surface area contributed by atoms with Crippen molar-refractivity contribution in [1.29, 1.82) is 0 Å². The van der Waals surface area contributed by atoms with E-state index in [1.54, 1.807) is 12.1 Å². The zero-order valence-corrected chi connectivity index (χ0v) is 11.1. The van der Waals surface area contributed by atoms with Gasteiger partial charge in [-0.2, -0.15) is 4.39 Å². The summed E-state index contributed by atoms with van der Waals surface area (Å²) in [6, 6.07) is 9.05. The van der Waals surface area contributed by atoms with E-state index in [4.69, 9.17) is 10.5 Å². The zero-order chi connectivity index (χ0) is 13.1. The molecule has 0 spiro atoms. The van der Waals surface area contributed by atoms with E-state index in [0.717, 1.165) is 17.2 Å². The van der Waals surface area contributed by atoms with Crippen LogP contribution in [0.3, 0.4) is 0 Å². The first-order valence-corrected chi connectivity index (χ1v) is 5.53. The van der Waals surface area contributed by atoms with E-state index in [-0.39, 0.29) is 18.2 Å². The van der Waals surface area contributed by atoms with Gasteiger partial charge >= 0.3 is 0 Å². The summed E-state index contributed by atoms with van der Waals surface area (Å²) in [5, 5.41) is 0. The lowest BCUT2D eigenvalue weighted by atomic mass is 10.1. The van der Waals surface area contributed by atoms with Gasteiger partial charge in [-0.15, -0.1) is 12.4 Å². The van der Waals surface area contributed by atoms with E-state index in [0.29, 0.717) is 12.3 Å². The van der Waals surface area contributed by atoms with Crippen molar-refractivity contribution >= 4 is 12.4 Å². The van der Waals surface area contributed by atoms with Gasteiger partial charge in [-0.05, 0) is 42.3 Å². The van der Waals surface area contributed by atoms with Crippen LogP contribution in [0.4, 0.5) is 8.78 Å². The van der Waals surface area contributed by atoms with E-state index < -0.39 is 11.6 Å². The van der Waals surface area contributed by atoms with Crippen LogP contribution in [0.15, 0.2) is 36.4 Å². The second-order valence-corrected chi connectivity index (χ2v) is 3.95. The predicted octanol–water partition coefficient (Wildman–Crippen LogP) is 3.95. The van der Waals surface area contributed by atoms with Crippen LogP contribution in [-0.4, -0.2) is 0 Å². The van der Waals surface area contributed by atoms with Crippen molar-refractivity contribution in [3.05, 3.63) is 59.2 Å². The minimum absolute atomic E-state index is 0. The number of benzene rings is 2. The number of aryl methyl sites for hydroxylation is 1. The second kappa shape index (κ2) is 6.50. The van der Waals surface area contributed by atoms with Gasteiger partial charge in [-0.25, -0.2) is 4.39 Å². The van der Waals surface area contributed by atoms with Gasteiger partial charge in [0, 0.05) is 6.54 Å². The lowest BCUT2D eigenvalue weighted by molar-refractivity contribution is 0.416. The number of hydrogen-bond acceptors (Lipinski definition) is 2. The molecule has 2 aromatic carbocycles. The van der Waals surface area contributed by atoms with Crippen molar-refractivity contribution in [2.24, 2.45) is 5.73 Å². The van der Waals surface area contributed by atoms with Crippen molar-refractivity contribution in [3.63, 3.8) is 0 Å². The highest BCUT2D eigenvalue weighted by Gasteiger charge is 2.10. The molecule has 2 nitrogen and oxygen atoms in total. The third kappa shape index (κ3) is 3.43. The quantitative estimate of drug-likeness (QED) is 0.927. The molecule has 0 amide bonds. The standard InChI is InChI=1S/C14H13F2NO.ClH/c1-9-7-11(6-5-10(9)8-17)18-13-4-2-3-12(15)14(13)16;/h2-7H,8,17H2,1H3;1H. The number of ether oxygens (including phenoxy) is 1. The lowest BCUT2D eigenvalue weighted by Gasteiger charge is -2.09. The molecule has 0 aliphatic rings. The first kappa shape index (κ1) is 15.4. The molecule has 0 atom stereocenters. The van der Waals surface area contributed by atoms with Gasteiger partial charge in [-0.1, -0.05) is 12.1 Å². The zero-order valence-electron chi connectivity index (χ0n) is 10.3. The van der Waals surface area contributed by atoms with Crippen LogP contribution in [0, 0.1) is 18.6 Å². The molecule has 0 aliphatic carbocycles. The van der Waals surface area contributed by atoms with E-state index in [1.807, 2.05) is 13.0 Å². The first-order valence-electron chi connectivity index (χ1n) is 5.53. The fourth-order valence-electron chi connectivity index (χ4n) is 1.65. The summed E-state index contributed by atoms with van der Waals surface area (Å²) in [5.74, 6) is -1.59. The van der Waals surface area contributed by atoms with Crippen LogP contribution in [-0.2, 0) is 6.54 Å². The highest BCUT2D eigenvalue weighted by atomic mass is 35.5. The summed E-state index contributed by atoms with van der Waals surface area (Å²) in [7, 11) is 0. The largest absolute Gasteiger partial charge is 0.454 e. The smallest absolute Gasteiger partial charge is 0.201 e. The molecule has 0 radical (unpaired) electrons. The Morgan fingerprint density at radius 1 is 1.16 bits per heavy atom. The van der Waals surface area contributed by atoms with E-state index >= 15 is 0 Å². The Kier molecular flexibility index (Phi) is 5.27. The summed E-state index contributed by atoms with van der Waals surface area (Å²) >= 11 is 0. The Morgan fingerprint density at radius 2 is 1.89 bits per heavy atom. The third-order valence-corrected chi connectivity index (χ3v) is 2.68. The maximum Gasteiger partial charge on any atom is 0.201 e. The minimum Gasteiger partial charge on any atom is -0.454 e. The Labute approximate surface area is 116 Å². The molecule has 0 bridgehead atoms. The van der Waals surface area contributed by atoms with E-state index in [1.165, 1.54) is 12.1 Å². The third-order valence-electron chi connectivity index (χ3n) is 2.68. The van der Waals surface area contributed by atoms with E-state index in [9.17, 15) is 8.78 Å². The molecule has 0 saturated carbocycles. The second-order valence-electron chi connectivity index (χ2n) is 3.95. The van der Waals surface area contributed by atoms with Crippen LogP contribution >= 0.6 is 12.4 Å². The first-order chi connectivity index (χ1) is 8.61.